The lowest BCUT2D eigenvalue weighted by molar-refractivity contribution is 0.0732. The zero-order chi connectivity index (χ0) is 15.8. The summed E-state index contributed by atoms with van der Waals surface area (Å²) in [6.45, 7) is 4.72. The number of ether oxygens (including phenoxy) is 1. The van der Waals surface area contributed by atoms with Crippen LogP contribution < -0.4 is 10.6 Å². The van der Waals surface area contributed by atoms with Crippen molar-refractivity contribution in [1.29, 1.82) is 0 Å². The van der Waals surface area contributed by atoms with E-state index >= 15 is 0 Å². The molecule has 0 bridgehead atoms. The first-order valence-corrected chi connectivity index (χ1v) is 8.16. The van der Waals surface area contributed by atoms with Crippen LogP contribution in [0.1, 0.15) is 36.8 Å². The summed E-state index contributed by atoms with van der Waals surface area (Å²) < 4.78 is 5.25. The minimum atomic E-state index is 0.400. The van der Waals surface area contributed by atoms with Crippen molar-refractivity contribution in [2.45, 2.75) is 39.2 Å². The Morgan fingerprint density at radius 2 is 1.95 bits per heavy atom. The lowest BCUT2D eigenvalue weighted by Gasteiger charge is -2.42. The van der Waals surface area contributed by atoms with Gasteiger partial charge in [-0.1, -0.05) is 36.2 Å². The molecule has 0 atom stereocenters. The molecule has 1 fully saturated rings. The third-order valence-electron chi connectivity index (χ3n) is 4.69. The number of hydrogen-bond acceptors (Lipinski definition) is 2. The van der Waals surface area contributed by atoms with Gasteiger partial charge < -0.3 is 15.4 Å². The second kappa shape index (κ2) is 8.18. The number of nitrogens with one attached hydrogen (secondary N) is 2. The maximum absolute atomic E-state index is 5.25. The Balaban J connectivity index is 1.78. The maximum atomic E-state index is 5.25. The minimum Gasteiger partial charge on any atom is -0.385 e. The van der Waals surface area contributed by atoms with Gasteiger partial charge in [-0.05, 0) is 37.2 Å². The van der Waals surface area contributed by atoms with Crippen LogP contribution >= 0.6 is 0 Å². The molecule has 1 saturated carbocycles. The highest BCUT2D eigenvalue weighted by molar-refractivity contribution is 5.79. The number of aryl methyl sites for hydroxylation is 1. The van der Waals surface area contributed by atoms with Gasteiger partial charge in [-0.2, -0.15) is 0 Å². The Kier molecular flexibility index (Phi) is 6.25. The molecule has 2 rings (SSSR count). The highest BCUT2D eigenvalue weighted by atomic mass is 16.5. The van der Waals surface area contributed by atoms with E-state index in [2.05, 4.69) is 46.8 Å². The first kappa shape index (κ1) is 16.8. The van der Waals surface area contributed by atoms with Gasteiger partial charge in [-0.15, -0.1) is 0 Å². The van der Waals surface area contributed by atoms with Gasteiger partial charge in [0.15, 0.2) is 5.96 Å². The number of methoxy groups -OCH3 is 1. The van der Waals surface area contributed by atoms with Crippen LogP contribution in [0.2, 0.25) is 0 Å². The van der Waals surface area contributed by atoms with Crippen molar-refractivity contribution in [3.63, 3.8) is 0 Å². The topological polar surface area (TPSA) is 45.7 Å². The van der Waals surface area contributed by atoms with Crippen molar-refractivity contribution in [2.75, 3.05) is 27.3 Å². The Bertz CT molecular complexity index is 478. The molecule has 1 aromatic carbocycles. The molecule has 0 aromatic heterocycles. The molecule has 0 unspecified atom stereocenters. The number of benzene rings is 1. The zero-order valence-corrected chi connectivity index (χ0v) is 14.1. The van der Waals surface area contributed by atoms with Crippen LogP contribution in [0.3, 0.4) is 0 Å². The van der Waals surface area contributed by atoms with E-state index < -0.39 is 0 Å². The number of rotatable bonds is 7. The SMILES string of the molecule is CN=C(NCc1ccc(C)cc1)NCC1(CCOC)CCC1. The molecule has 2 N–H and O–H groups in total. The summed E-state index contributed by atoms with van der Waals surface area (Å²) in [5.41, 5.74) is 2.96. The van der Waals surface area contributed by atoms with E-state index in [1.54, 1.807) is 7.11 Å². The van der Waals surface area contributed by atoms with Crippen LogP contribution in [0.4, 0.5) is 0 Å². The lowest BCUT2D eigenvalue weighted by Crippen LogP contribution is -2.46. The van der Waals surface area contributed by atoms with E-state index in [1.807, 2.05) is 7.05 Å². The summed E-state index contributed by atoms with van der Waals surface area (Å²) >= 11 is 0. The molecule has 1 aromatic rings. The minimum absolute atomic E-state index is 0.400. The van der Waals surface area contributed by atoms with Crippen LogP contribution in [0, 0.1) is 12.3 Å². The highest BCUT2D eigenvalue weighted by Crippen LogP contribution is 2.43. The number of nitrogens with zero attached hydrogens (tertiary/aromatic N) is 1. The van der Waals surface area contributed by atoms with Crippen molar-refractivity contribution in [3.8, 4) is 0 Å². The Morgan fingerprint density at radius 1 is 1.23 bits per heavy atom. The van der Waals surface area contributed by atoms with Gasteiger partial charge in [-0.3, -0.25) is 4.99 Å². The molecule has 4 nitrogen and oxygen atoms in total. The van der Waals surface area contributed by atoms with Gasteiger partial charge in [0.25, 0.3) is 0 Å². The summed E-state index contributed by atoms with van der Waals surface area (Å²) in [7, 11) is 3.61. The summed E-state index contributed by atoms with van der Waals surface area (Å²) in [4.78, 5) is 4.33. The number of guanidine groups is 1. The van der Waals surface area contributed by atoms with Crippen molar-refractivity contribution in [1.82, 2.24) is 10.6 Å². The molecule has 0 heterocycles. The summed E-state index contributed by atoms with van der Waals surface area (Å²) in [6.07, 6.45) is 5.04. The standard InChI is InChI=1S/C18H29N3O/c1-15-5-7-16(8-6-15)13-20-17(19-2)21-14-18(9-4-10-18)11-12-22-3/h5-8H,4,9-14H2,1-3H3,(H2,19,20,21). The summed E-state index contributed by atoms with van der Waals surface area (Å²) in [6, 6.07) is 8.59. The number of aliphatic imine (C=N–C) groups is 1. The normalized spacial score (nSPS) is 17.0. The fourth-order valence-electron chi connectivity index (χ4n) is 2.89. The lowest BCUT2D eigenvalue weighted by atomic mass is 9.67. The van der Waals surface area contributed by atoms with E-state index in [4.69, 9.17) is 4.74 Å². The maximum Gasteiger partial charge on any atom is 0.191 e. The summed E-state index contributed by atoms with van der Waals surface area (Å²) in [5.74, 6) is 0.879. The summed E-state index contributed by atoms with van der Waals surface area (Å²) in [5, 5.41) is 6.88. The second-order valence-electron chi connectivity index (χ2n) is 6.36. The molecule has 122 valence electrons. The quantitative estimate of drug-likeness (QED) is 0.601. The smallest absolute Gasteiger partial charge is 0.191 e. The molecule has 4 heteroatoms. The van der Waals surface area contributed by atoms with Crippen LogP contribution in [0.15, 0.2) is 29.3 Å². The van der Waals surface area contributed by atoms with Gasteiger partial charge >= 0.3 is 0 Å². The molecule has 0 amide bonds. The number of hydrogen-bond donors (Lipinski definition) is 2. The van der Waals surface area contributed by atoms with E-state index in [0.29, 0.717) is 5.41 Å². The fourth-order valence-corrected chi connectivity index (χ4v) is 2.89. The first-order chi connectivity index (χ1) is 10.7. The van der Waals surface area contributed by atoms with Gasteiger partial charge in [0, 0.05) is 33.9 Å². The average molecular weight is 303 g/mol. The Hall–Kier alpha value is -1.55. The van der Waals surface area contributed by atoms with Gasteiger partial charge in [-0.25, -0.2) is 0 Å². The predicted octanol–water partition coefficient (Wildman–Crippen LogP) is 2.87. The highest BCUT2D eigenvalue weighted by Gasteiger charge is 2.36. The fraction of sp³-hybridized carbons (Fsp3) is 0.611. The van der Waals surface area contributed by atoms with Gasteiger partial charge in [0.2, 0.25) is 0 Å². The largest absolute Gasteiger partial charge is 0.385 e. The molecule has 22 heavy (non-hydrogen) atoms. The van der Waals surface area contributed by atoms with Crippen molar-refractivity contribution in [2.24, 2.45) is 10.4 Å². The molecule has 0 spiro atoms. The zero-order valence-electron chi connectivity index (χ0n) is 14.1. The van der Waals surface area contributed by atoms with E-state index in [0.717, 1.165) is 32.1 Å². The molecular formula is C18H29N3O. The molecule has 0 aliphatic heterocycles. The Labute approximate surface area is 134 Å². The third kappa shape index (κ3) is 4.73. The van der Waals surface area contributed by atoms with Crippen LogP contribution in [0.25, 0.3) is 0 Å². The molecular weight excluding hydrogens is 274 g/mol. The van der Waals surface area contributed by atoms with Crippen LogP contribution in [-0.2, 0) is 11.3 Å². The molecule has 1 aliphatic carbocycles. The van der Waals surface area contributed by atoms with Crippen molar-refractivity contribution in [3.05, 3.63) is 35.4 Å². The van der Waals surface area contributed by atoms with E-state index in [-0.39, 0.29) is 0 Å². The average Bonchev–Trinajstić information content (AvgIpc) is 2.50. The van der Waals surface area contributed by atoms with E-state index in [9.17, 15) is 0 Å². The van der Waals surface area contributed by atoms with E-state index in [1.165, 1.54) is 30.4 Å². The predicted molar refractivity (Wildman–Crippen MR) is 92.2 cm³/mol. The first-order valence-electron chi connectivity index (χ1n) is 8.16. The molecule has 0 saturated heterocycles. The second-order valence-corrected chi connectivity index (χ2v) is 6.36. The van der Waals surface area contributed by atoms with Crippen LogP contribution in [0.5, 0.6) is 0 Å². The third-order valence-corrected chi connectivity index (χ3v) is 4.69. The molecule has 1 aliphatic rings. The molecule has 0 radical (unpaired) electrons. The monoisotopic (exact) mass is 303 g/mol. The van der Waals surface area contributed by atoms with Gasteiger partial charge in [0.1, 0.15) is 0 Å². The van der Waals surface area contributed by atoms with Crippen molar-refractivity contribution < 1.29 is 4.74 Å². The van der Waals surface area contributed by atoms with Crippen molar-refractivity contribution >= 4 is 5.96 Å². The van der Waals surface area contributed by atoms with Crippen LogP contribution in [-0.4, -0.2) is 33.3 Å². The Morgan fingerprint density at radius 3 is 2.50 bits per heavy atom. The van der Waals surface area contributed by atoms with Gasteiger partial charge in [0.05, 0.1) is 0 Å².